The van der Waals surface area contributed by atoms with E-state index in [-0.39, 0.29) is 5.78 Å². The minimum Gasteiger partial charge on any atom is -0.494 e. The number of esters is 1. The van der Waals surface area contributed by atoms with E-state index in [0.717, 1.165) is 36.5 Å². The van der Waals surface area contributed by atoms with Crippen LogP contribution in [0.5, 0.6) is 17.2 Å². The molecule has 0 spiro atoms. The molecule has 3 rings (SSSR count). The number of carbonyl (C=O) groups is 2. The Morgan fingerprint density at radius 3 is 1.40 bits per heavy atom. The normalized spacial score (nSPS) is 11.1. The number of hydrogen-bond acceptors (Lipinski definition) is 5. The summed E-state index contributed by atoms with van der Waals surface area (Å²) in [6.07, 6.45) is 23.8. The Morgan fingerprint density at radius 1 is 0.489 bits per heavy atom. The van der Waals surface area contributed by atoms with Gasteiger partial charge in [-0.25, -0.2) is 4.79 Å². The molecule has 0 aromatic heterocycles. The van der Waals surface area contributed by atoms with Gasteiger partial charge in [0.1, 0.15) is 17.2 Å². The van der Waals surface area contributed by atoms with Crippen molar-refractivity contribution in [3.63, 3.8) is 0 Å². The third-order valence-electron chi connectivity index (χ3n) is 8.28. The summed E-state index contributed by atoms with van der Waals surface area (Å²) >= 11 is 0. The molecular weight excluding hydrogens is 584 g/mol. The molecule has 0 heterocycles. The van der Waals surface area contributed by atoms with Gasteiger partial charge in [0.25, 0.3) is 0 Å². The summed E-state index contributed by atoms with van der Waals surface area (Å²) in [5.41, 5.74) is 1.88. The standard InChI is InChI=1S/C42H56O5/c1-3-5-7-9-10-11-12-13-14-15-16-18-34-46-39-28-24-37(25-29-39)42(44)47-40-30-22-36(23-31-40)41(43)32-21-35-19-26-38(27-20-35)45-33-17-8-6-4-2/h19-32H,3-18,33-34H2,1-2H3/b32-21+. The molecule has 254 valence electrons. The number of hydrogen-bond donors (Lipinski definition) is 0. The van der Waals surface area contributed by atoms with Crippen LogP contribution in [0.3, 0.4) is 0 Å². The summed E-state index contributed by atoms with van der Waals surface area (Å²) in [6, 6.07) is 21.4. The number of ether oxygens (including phenoxy) is 3. The van der Waals surface area contributed by atoms with Gasteiger partial charge in [0.2, 0.25) is 0 Å². The van der Waals surface area contributed by atoms with E-state index in [1.165, 1.54) is 89.9 Å². The number of unbranched alkanes of at least 4 members (excludes halogenated alkanes) is 14. The molecule has 0 aliphatic carbocycles. The molecule has 0 unspecified atom stereocenters. The Kier molecular flexibility index (Phi) is 18.8. The zero-order valence-electron chi connectivity index (χ0n) is 28.9. The molecule has 0 amide bonds. The second-order valence-electron chi connectivity index (χ2n) is 12.4. The van der Waals surface area contributed by atoms with Crippen LogP contribution in [0.15, 0.2) is 78.9 Å². The van der Waals surface area contributed by atoms with Crippen LogP contribution in [0, 0.1) is 0 Å². The molecule has 47 heavy (non-hydrogen) atoms. The highest BCUT2D eigenvalue weighted by atomic mass is 16.5. The van der Waals surface area contributed by atoms with Gasteiger partial charge < -0.3 is 14.2 Å². The molecule has 3 aromatic rings. The minimum absolute atomic E-state index is 0.127. The lowest BCUT2D eigenvalue weighted by molar-refractivity contribution is 0.0734. The molecule has 5 nitrogen and oxygen atoms in total. The van der Waals surface area contributed by atoms with Crippen molar-refractivity contribution in [2.45, 2.75) is 117 Å². The van der Waals surface area contributed by atoms with E-state index in [1.54, 1.807) is 60.7 Å². The number of rotatable bonds is 25. The number of benzene rings is 3. The topological polar surface area (TPSA) is 61.8 Å². The van der Waals surface area contributed by atoms with Crippen LogP contribution in [0.4, 0.5) is 0 Å². The Labute approximate surface area is 283 Å². The summed E-state index contributed by atoms with van der Waals surface area (Å²) in [6.45, 7) is 5.87. The zero-order valence-corrected chi connectivity index (χ0v) is 28.9. The van der Waals surface area contributed by atoms with Crippen LogP contribution in [0.25, 0.3) is 6.08 Å². The van der Waals surface area contributed by atoms with E-state index in [0.29, 0.717) is 23.5 Å². The molecule has 0 aliphatic heterocycles. The molecule has 0 radical (unpaired) electrons. The summed E-state index contributed by atoms with van der Waals surface area (Å²) in [7, 11) is 0. The molecule has 3 aromatic carbocycles. The first-order chi connectivity index (χ1) is 23.1. The fourth-order valence-electron chi connectivity index (χ4n) is 5.34. The van der Waals surface area contributed by atoms with Gasteiger partial charge in [-0.3, -0.25) is 4.79 Å². The maximum absolute atomic E-state index is 12.7. The Hall–Kier alpha value is -3.86. The van der Waals surface area contributed by atoms with Crippen LogP contribution in [0.2, 0.25) is 0 Å². The molecular formula is C42H56O5. The highest BCUT2D eigenvalue weighted by Gasteiger charge is 2.10. The zero-order chi connectivity index (χ0) is 33.4. The maximum Gasteiger partial charge on any atom is 0.343 e. The number of carbonyl (C=O) groups excluding carboxylic acids is 2. The van der Waals surface area contributed by atoms with Crippen molar-refractivity contribution in [3.8, 4) is 17.2 Å². The fourth-order valence-corrected chi connectivity index (χ4v) is 5.34. The molecule has 5 heteroatoms. The van der Waals surface area contributed by atoms with Crippen LogP contribution >= 0.6 is 0 Å². The monoisotopic (exact) mass is 640 g/mol. The van der Waals surface area contributed by atoms with Gasteiger partial charge in [0, 0.05) is 5.56 Å². The second kappa shape index (κ2) is 23.5. The van der Waals surface area contributed by atoms with E-state index in [9.17, 15) is 9.59 Å². The summed E-state index contributed by atoms with van der Waals surface area (Å²) < 4.78 is 17.2. The molecule has 0 fully saturated rings. The highest BCUT2D eigenvalue weighted by molar-refractivity contribution is 6.06. The summed E-state index contributed by atoms with van der Waals surface area (Å²) in [5.74, 6) is 1.39. The first kappa shape index (κ1) is 37.6. The van der Waals surface area contributed by atoms with Gasteiger partial charge in [0.15, 0.2) is 5.78 Å². The van der Waals surface area contributed by atoms with Crippen molar-refractivity contribution >= 4 is 17.8 Å². The molecule has 0 N–H and O–H groups in total. The summed E-state index contributed by atoms with van der Waals surface area (Å²) in [4.78, 5) is 25.3. The third-order valence-corrected chi connectivity index (χ3v) is 8.28. The van der Waals surface area contributed by atoms with Crippen LogP contribution in [0.1, 0.15) is 143 Å². The SMILES string of the molecule is CCCCCCCCCCCCCCOc1ccc(C(=O)Oc2ccc(C(=O)/C=C/c3ccc(OCCCCCC)cc3)cc2)cc1. The lowest BCUT2D eigenvalue weighted by Crippen LogP contribution is -2.08. The van der Waals surface area contributed by atoms with E-state index in [4.69, 9.17) is 14.2 Å². The van der Waals surface area contributed by atoms with Crippen molar-refractivity contribution in [1.29, 1.82) is 0 Å². The molecule has 0 bridgehead atoms. The lowest BCUT2D eigenvalue weighted by atomic mass is 10.1. The molecule has 0 aliphatic rings. The smallest absolute Gasteiger partial charge is 0.343 e. The van der Waals surface area contributed by atoms with Crippen molar-refractivity contribution in [3.05, 3.63) is 95.6 Å². The fraction of sp³-hybridized carbons (Fsp3) is 0.476. The van der Waals surface area contributed by atoms with Crippen LogP contribution in [-0.2, 0) is 0 Å². The van der Waals surface area contributed by atoms with Crippen molar-refractivity contribution in [2.75, 3.05) is 13.2 Å². The van der Waals surface area contributed by atoms with Crippen molar-refractivity contribution in [2.24, 2.45) is 0 Å². The molecule has 0 atom stereocenters. The van der Waals surface area contributed by atoms with Crippen molar-refractivity contribution < 1.29 is 23.8 Å². The van der Waals surface area contributed by atoms with E-state index < -0.39 is 5.97 Å². The Morgan fingerprint density at radius 2 is 0.894 bits per heavy atom. The Bertz CT molecular complexity index is 1290. The highest BCUT2D eigenvalue weighted by Crippen LogP contribution is 2.19. The second-order valence-corrected chi connectivity index (χ2v) is 12.4. The van der Waals surface area contributed by atoms with Gasteiger partial charge in [-0.15, -0.1) is 0 Å². The minimum atomic E-state index is -0.454. The van der Waals surface area contributed by atoms with E-state index in [2.05, 4.69) is 13.8 Å². The maximum atomic E-state index is 12.7. The Balaban J connectivity index is 1.30. The first-order valence-electron chi connectivity index (χ1n) is 18.1. The van der Waals surface area contributed by atoms with Crippen LogP contribution < -0.4 is 14.2 Å². The predicted molar refractivity (Wildman–Crippen MR) is 194 cm³/mol. The largest absolute Gasteiger partial charge is 0.494 e. The lowest BCUT2D eigenvalue weighted by Gasteiger charge is -2.08. The predicted octanol–water partition coefficient (Wildman–Crippen LogP) is 11.8. The molecule has 0 saturated carbocycles. The van der Waals surface area contributed by atoms with Gasteiger partial charge in [-0.2, -0.15) is 0 Å². The van der Waals surface area contributed by atoms with Crippen LogP contribution in [-0.4, -0.2) is 25.0 Å². The van der Waals surface area contributed by atoms with E-state index >= 15 is 0 Å². The van der Waals surface area contributed by atoms with Gasteiger partial charge in [-0.05, 0) is 85.1 Å². The van der Waals surface area contributed by atoms with Gasteiger partial charge in [0.05, 0.1) is 18.8 Å². The molecule has 0 saturated heterocycles. The van der Waals surface area contributed by atoms with Crippen molar-refractivity contribution in [1.82, 2.24) is 0 Å². The van der Waals surface area contributed by atoms with E-state index in [1.807, 2.05) is 24.3 Å². The average molecular weight is 641 g/mol. The number of allylic oxidation sites excluding steroid dienone is 1. The number of ketones is 1. The van der Waals surface area contributed by atoms with Gasteiger partial charge >= 0.3 is 5.97 Å². The quantitative estimate of drug-likeness (QED) is 0.0303. The van der Waals surface area contributed by atoms with Gasteiger partial charge in [-0.1, -0.05) is 122 Å². The average Bonchev–Trinajstić information content (AvgIpc) is 3.10. The first-order valence-corrected chi connectivity index (χ1v) is 18.1. The summed E-state index contributed by atoms with van der Waals surface area (Å²) in [5, 5.41) is 0. The third kappa shape index (κ3) is 16.0.